The third-order valence-electron chi connectivity index (χ3n) is 4.62. The van der Waals surface area contributed by atoms with Crippen LogP contribution in [0.2, 0.25) is 0 Å². The fourth-order valence-electron chi connectivity index (χ4n) is 3.51. The van der Waals surface area contributed by atoms with Gasteiger partial charge in [0.2, 0.25) is 5.91 Å². The Kier molecular flexibility index (Phi) is 3.53. The Morgan fingerprint density at radius 2 is 1.76 bits per heavy atom. The van der Waals surface area contributed by atoms with Crippen LogP contribution in [-0.2, 0) is 16.1 Å². The van der Waals surface area contributed by atoms with Crippen LogP contribution in [0, 0.1) is 30.6 Å². The van der Waals surface area contributed by atoms with Crippen molar-refractivity contribution in [1.82, 2.24) is 5.32 Å². The van der Waals surface area contributed by atoms with Crippen LogP contribution in [0.5, 0.6) is 0 Å². The summed E-state index contributed by atoms with van der Waals surface area (Å²) in [6, 6.07) is 7.91. The molecule has 0 unspecified atom stereocenters. The lowest BCUT2D eigenvalue weighted by molar-refractivity contribution is -0.313. The van der Waals surface area contributed by atoms with Gasteiger partial charge in [-0.15, -0.1) is 0 Å². The molecule has 1 aromatic rings. The van der Waals surface area contributed by atoms with Crippen LogP contribution in [0.1, 0.15) is 17.5 Å². The molecule has 110 valence electrons. The van der Waals surface area contributed by atoms with E-state index in [4.69, 9.17) is 0 Å². The Morgan fingerprint density at radius 3 is 2.38 bits per heavy atom. The summed E-state index contributed by atoms with van der Waals surface area (Å²) >= 11 is 0. The van der Waals surface area contributed by atoms with Crippen LogP contribution in [0.25, 0.3) is 0 Å². The van der Waals surface area contributed by atoms with Crippen molar-refractivity contribution >= 4 is 11.9 Å². The normalized spacial score (nSPS) is 29.6. The van der Waals surface area contributed by atoms with E-state index in [2.05, 4.69) is 5.32 Å². The molecule has 0 aromatic heterocycles. The van der Waals surface area contributed by atoms with Gasteiger partial charge in [-0.3, -0.25) is 4.79 Å². The lowest BCUT2D eigenvalue weighted by Gasteiger charge is -2.27. The zero-order valence-corrected chi connectivity index (χ0v) is 11.9. The number of carboxylic acids is 1. The summed E-state index contributed by atoms with van der Waals surface area (Å²) in [5.74, 6) is -2.47. The standard InChI is InChI=1S/C17H19NO3/c1-10-2-4-11(5-3-10)9-18-16(19)14-12-6-7-13(8-12)15(14)17(20)21/h2-7,12-15H,8-9H2,1H3,(H,18,19)(H,20,21)/p-1/t12-,13+,14+,15-/m1/s1. The molecule has 1 saturated carbocycles. The molecule has 2 aliphatic carbocycles. The Balaban J connectivity index is 1.66. The SMILES string of the molecule is Cc1ccc(CNC(=O)[C@@H]2[C@H](C(=O)[O-])[C@H]3C=C[C@@H]2C3)cc1. The van der Waals surface area contributed by atoms with Crippen LogP contribution in [-0.4, -0.2) is 11.9 Å². The zero-order chi connectivity index (χ0) is 15.0. The average Bonchev–Trinajstić information content (AvgIpc) is 3.06. The van der Waals surface area contributed by atoms with Crippen molar-refractivity contribution in [2.24, 2.45) is 23.7 Å². The zero-order valence-electron chi connectivity index (χ0n) is 11.9. The van der Waals surface area contributed by atoms with E-state index in [0.717, 1.165) is 12.0 Å². The van der Waals surface area contributed by atoms with E-state index in [1.807, 2.05) is 43.3 Å². The minimum absolute atomic E-state index is 0.0379. The first-order chi connectivity index (χ1) is 10.1. The van der Waals surface area contributed by atoms with Crippen molar-refractivity contribution in [3.8, 4) is 0 Å². The highest BCUT2D eigenvalue weighted by Gasteiger charge is 2.48. The van der Waals surface area contributed by atoms with Gasteiger partial charge in [-0.2, -0.15) is 0 Å². The third kappa shape index (κ3) is 2.58. The second kappa shape index (κ2) is 5.35. The van der Waals surface area contributed by atoms with E-state index in [9.17, 15) is 14.7 Å². The van der Waals surface area contributed by atoms with Gasteiger partial charge in [0.05, 0.1) is 5.92 Å². The van der Waals surface area contributed by atoms with Crippen LogP contribution in [0.4, 0.5) is 0 Å². The van der Waals surface area contributed by atoms with Gasteiger partial charge in [-0.1, -0.05) is 42.0 Å². The Labute approximate surface area is 123 Å². The molecule has 1 amide bonds. The van der Waals surface area contributed by atoms with Gasteiger partial charge in [-0.25, -0.2) is 0 Å². The lowest BCUT2D eigenvalue weighted by atomic mass is 9.82. The maximum Gasteiger partial charge on any atom is 0.224 e. The predicted molar refractivity (Wildman–Crippen MR) is 75.7 cm³/mol. The number of aryl methyl sites for hydroxylation is 1. The topological polar surface area (TPSA) is 69.2 Å². The molecule has 4 atom stereocenters. The number of carbonyl (C=O) groups excluding carboxylic acids is 2. The number of hydrogen-bond donors (Lipinski definition) is 1. The minimum atomic E-state index is -1.11. The number of amides is 1. The molecule has 21 heavy (non-hydrogen) atoms. The van der Waals surface area contributed by atoms with Crippen molar-refractivity contribution in [2.75, 3.05) is 0 Å². The van der Waals surface area contributed by atoms with Crippen LogP contribution < -0.4 is 10.4 Å². The first-order valence-corrected chi connectivity index (χ1v) is 7.28. The highest BCUT2D eigenvalue weighted by molar-refractivity contribution is 5.86. The quantitative estimate of drug-likeness (QED) is 0.831. The molecule has 4 heteroatoms. The number of carbonyl (C=O) groups is 2. The van der Waals surface area contributed by atoms with E-state index in [1.54, 1.807) is 0 Å². The summed E-state index contributed by atoms with van der Waals surface area (Å²) in [4.78, 5) is 23.6. The Bertz CT molecular complexity index is 591. The van der Waals surface area contributed by atoms with Crippen molar-refractivity contribution in [1.29, 1.82) is 0 Å². The number of hydrogen-bond acceptors (Lipinski definition) is 3. The van der Waals surface area contributed by atoms with E-state index in [-0.39, 0.29) is 17.7 Å². The Morgan fingerprint density at radius 1 is 1.14 bits per heavy atom. The molecule has 4 nitrogen and oxygen atoms in total. The molecule has 0 radical (unpaired) electrons. The van der Waals surface area contributed by atoms with E-state index < -0.39 is 17.8 Å². The highest BCUT2D eigenvalue weighted by Crippen LogP contribution is 2.47. The number of fused-ring (bicyclic) bond motifs is 2. The summed E-state index contributed by atoms with van der Waals surface area (Å²) in [5, 5.41) is 14.2. The number of carboxylic acid groups (broad SMARTS) is 1. The molecule has 2 bridgehead atoms. The maximum atomic E-state index is 12.4. The first-order valence-electron chi connectivity index (χ1n) is 7.28. The molecule has 0 spiro atoms. The van der Waals surface area contributed by atoms with Gasteiger partial charge < -0.3 is 15.2 Å². The number of rotatable bonds is 4. The van der Waals surface area contributed by atoms with E-state index in [0.29, 0.717) is 6.54 Å². The number of nitrogens with one attached hydrogen (secondary N) is 1. The summed E-state index contributed by atoms with van der Waals surface area (Å²) in [6.07, 6.45) is 4.64. The van der Waals surface area contributed by atoms with Crippen LogP contribution in [0.15, 0.2) is 36.4 Å². The van der Waals surface area contributed by atoms with Gasteiger partial charge >= 0.3 is 0 Å². The largest absolute Gasteiger partial charge is 0.550 e. The molecule has 1 aromatic carbocycles. The smallest absolute Gasteiger partial charge is 0.224 e. The summed E-state index contributed by atoms with van der Waals surface area (Å²) in [7, 11) is 0. The van der Waals surface area contributed by atoms with Crippen molar-refractivity contribution < 1.29 is 14.7 Å². The molecule has 0 aliphatic heterocycles. The van der Waals surface area contributed by atoms with Crippen LogP contribution in [0.3, 0.4) is 0 Å². The van der Waals surface area contributed by atoms with E-state index in [1.165, 1.54) is 5.56 Å². The maximum absolute atomic E-state index is 12.4. The molecule has 3 rings (SSSR count). The van der Waals surface area contributed by atoms with Crippen molar-refractivity contribution in [2.45, 2.75) is 19.9 Å². The summed E-state index contributed by atoms with van der Waals surface area (Å²) < 4.78 is 0. The number of benzene rings is 1. The summed E-state index contributed by atoms with van der Waals surface area (Å²) in [6.45, 7) is 2.44. The third-order valence-corrected chi connectivity index (χ3v) is 4.62. The molecular weight excluding hydrogens is 266 g/mol. The fraction of sp³-hybridized carbons (Fsp3) is 0.412. The molecular formula is C17H18NO3-. The highest BCUT2D eigenvalue weighted by atomic mass is 16.4. The van der Waals surface area contributed by atoms with Gasteiger partial charge in [0.25, 0.3) is 0 Å². The van der Waals surface area contributed by atoms with Gasteiger partial charge in [0.1, 0.15) is 0 Å². The molecule has 2 aliphatic rings. The van der Waals surface area contributed by atoms with Gasteiger partial charge in [0.15, 0.2) is 0 Å². The monoisotopic (exact) mass is 284 g/mol. The van der Waals surface area contributed by atoms with Crippen molar-refractivity contribution in [3.63, 3.8) is 0 Å². The lowest BCUT2D eigenvalue weighted by Crippen LogP contribution is -2.44. The Hall–Kier alpha value is -2.10. The molecule has 1 N–H and O–H groups in total. The molecule has 1 fully saturated rings. The minimum Gasteiger partial charge on any atom is -0.550 e. The molecule has 0 heterocycles. The second-order valence-corrected chi connectivity index (χ2v) is 6.02. The molecule has 0 saturated heterocycles. The van der Waals surface area contributed by atoms with Gasteiger partial charge in [-0.05, 0) is 30.7 Å². The predicted octanol–water partition coefficient (Wildman–Crippen LogP) is 0.799. The second-order valence-electron chi connectivity index (χ2n) is 6.02. The van der Waals surface area contributed by atoms with Crippen LogP contribution >= 0.6 is 0 Å². The first kappa shape index (κ1) is 13.9. The van der Waals surface area contributed by atoms with Crippen molar-refractivity contribution in [3.05, 3.63) is 47.5 Å². The van der Waals surface area contributed by atoms with E-state index >= 15 is 0 Å². The van der Waals surface area contributed by atoms with Gasteiger partial charge in [0, 0.05) is 18.4 Å². The average molecular weight is 284 g/mol. The number of aliphatic carboxylic acids is 1. The number of allylic oxidation sites excluding steroid dienone is 2. The fourth-order valence-corrected chi connectivity index (χ4v) is 3.51. The summed E-state index contributed by atoms with van der Waals surface area (Å²) in [5.41, 5.74) is 2.18.